The van der Waals surface area contributed by atoms with Crippen molar-refractivity contribution in [2.75, 3.05) is 12.4 Å². The Morgan fingerprint density at radius 1 is 1.28 bits per heavy atom. The summed E-state index contributed by atoms with van der Waals surface area (Å²) < 4.78 is 39.3. The Morgan fingerprint density at radius 2 is 2.12 bits per heavy atom. The van der Waals surface area contributed by atoms with Crippen LogP contribution in [0.15, 0.2) is 46.3 Å². The number of methoxy groups -OCH3 is 1. The molecule has 25 heavy (non-hydrogen) atoms. The molecule has 0 bridgehead atoms. The Labute approximate surface area is 145 Å². The van der Waals surface area contributed by atoms with Crippen LogP contribution < -0.4 is 14.8 Å². The van der Waals surface area contributed by atoms with Crippen LogP contribution in [0.4, 0.5) is 14.5 Å². The van der Waals surface area contributed by atoms with E-state index in [-0.39, 0.29) is 22.9 Å². The van der Waals surface area contributed by atoms with Gasteiger partial charge in [-0.05, 0) is 23.6 Å². The van der Waals surface area contributed by atoms with Gasteiger partial charge in [-0.3, -0.25) is 4.79 Å². The van der Waals surface area contributed by atoms with Crippen molar-refractivity contribution >= 4 is 22.9 Å². The summed E-state index contributed by atoms with van der Waals surface area (Å²) in [5, 5.41) is 8.13. The predicted octanol–water partition coefficient (Wildman–Crippen LogP) is 4.27. The first-order valence-corrected chi connectivity index (χ1v) is 7.89. The van der Waals surface area contributed by atoms with Crippen LogP contribution >= 0.6 is 11.3 Å². The van der Waals surface area contributed by atoms with Gasteiger partial charge >= 0.3 is 6.61 Å². The third-order valence-electron chi connectivity index (χ3n) is 3.14. The van der Waals surface area contributed by atoms with Crippen LogP contribution in [0.25, 0.3) is 10.6 Å². The molecule has 0 saturated carbocycles. The van der Waals surface area contributed by atoms with Crippen LogP contribution in [0.1, 0.15) is 10.5 Å². The molecule has 0 atom stereocenters. The van der Waals surface area contributed by atoms with E-state index in [2.05, 4.69) is 15.2 Å². The third-order valence-corrected chi connectivity index (χ3v) is 4.03. The maximum Gasteiger partial charge on any atom is 0.387 e. The van der Waals surface area contributed by atoms with Gasteiger partial charge in [0, 0.05) is 17.8 Å². The van der Waals surface area contributed by atoms with Crippen molar-refractivity contribution in [3.63, 3.8) is 0 Å². The lowest BCUT2D eigenvalue weighted by atomic mass is 10.2. The summed E-state index contributed by atoms with van der Waals surface area (Å²) in [6.07, 6.45) is 0. The fourth-order valence-electron chi connectivity index (χ4n) is 2.05. The van der Waals surface area contributed by atoms with Crippen LogP contribution in [0.5, 0.6) is 11.5 Å². The predicted molar refractivity (Wildman–Crippen MR) is 87.4 cm³/mol. The number of nitrogens with zero attached hydrogens (tertiary/aromatic N) is 1. The fourth-order valence-corrected chi connectivity index (χ4v) is 2.73. The molecule has 0 fully saturated rings. The van der Waals surface area contributed by atoms with Crippen LogP contribution in [0, 0.1) is 0 Å². The minimum atomic E-state index is -3.01. The van der Waals surface area contributed by atoms with E-state index in [1.165, 1.54) is 42.7 Å². The normalized spacial score (nSPS) is 10.7. The first-order chi connectivity index (χ1) is 12.1. The average Bonchev–Trinajstić information content (AvgIpc) is 3.26. The Hall–Kier alpha value is -2.94. The van der Waals surface area contributed by atoms with Gasteiger partial charge < -0.3 is 19.3 Å². The topological polar surface area (TPSA) is 73.6 Å². The maximum absolute atomic E-state index is 12.4. The van der Waals surface area contributed by atoms with E-state index in [0.717, 1.165) is 4.88 Å². The minimum Gasteiger partial charge on any atom is -0.493 e. The zero-order chi connectivity index (χ0) is 17.8. The van der Waals surface area contributed by atoms with E-state index in [4.69, 9.17) is 9.26 Å². The van der Waals surface area contributed by atoms with Crippen LogP contribution in [-0.2, 0) is 0 Å². The number of benzene rings is 1. The summed E-state index contributed by atoms with van der Waals surface area (Å²) in [5.41, 5.74) is 0.317. The molecule has 6 nitrogen and oxygen atoms in total. The number of ether oxygens (including phenoxy) is 2. The van der Waals surface area contributed by atoms with Crippen LogP contribution in [0.2, 0.25) is 0 Å². The Bertz CT molecular complexity index is 865. The van der Waals surface area contributed by atoms with E-state index >= 15 is 0 Å². The minimum absolute atomic E-state index is 0.0653. The molecule has 2 heterocycles. The highest BCUT2D eigenvalue weighted by Crippen LogP contribution is 2.32. The summed E-state index contributed by atoms with van der Waals surface area (Å²) in [5.74, 6) is -0.134. The number of thiophene rings is 1. The second kappa shape index (κ2) is 7.31. The maximum atomic E-state index is 12.4. The van der Waals surface area contributed by atoms with Crippen molar-refractivity contribution in [1.82, 2.24) is 5.16 Å². The molecule has 0 spiro atoms. The molecular formula is C16H12F2N2O4S. The number of nitrogens with one attached hydrogen (secondary N) is 1. The number of carbonyl (C=O) groups is 1. The van der Waals surface area contributed by atoms with Gasteiger partial charge in [0.1, 0.15) is 0 Å². The Balaban J connectivity index is 1.76. The molecule has 3 rings (SSSR count). The van der Waals surface area contributed by atoms with Crippen molar-refractivity contribution in [3.05, 3.63) is 47.5 Å². The lowest BCUT2D eigenvalue weighted by Gasteiger charge is -2.11. The van der Waals surface area contributed by atoms with Crippen molar-refractivity contribution < 1.29 is 27.6 Å². The molecule has 1 amide bonds. The van der Waals surface area contributed by atoms with Gasteiger partial charge in [0.05, 0.1) is 12.0 Å². The summed E-state index contributed by atoms with van der Waals surface area (Å²) in [7, 11) is 1.33. The molecule has 0 aliphatic heterocycles. The van der Waals surface area contributed by atoms with Gasteiger partial charge in [0.2, 0.25) is 0 Å². The number of hydrogen-bond donors (Lipinski definition) is 1. The molecule has 130 valence electrons. The van der Waals surface area contributed by atoms with E-state index in [1.54, 1.807) is 0 Å². The van der Waals surface area contributed by atoms with Gasteiger partial charge in [-0.25, -0.2) is 0 Å². The van der Waals surface area contributed by atoms with Gasteiger partial charge in [-0.15, -0.1) is 11.3 Å². The highest BCUT2D eigenvalue weighted by molar-refractivity contribution is 7.13. The van der Waals surface area contributed by atoms with Gasteiger partial charge in [0.15, 0.2) is 23.0 Å². The number of anilines is 1. The molecule has 2 aromatic heterocycles. The highest BCUT2D eigenvalue weighted by atomic mass is 32.1. The molecule has 0 aliphatic rings. The van der Waals surface area contributed by atoms with Gasteiger partial charge in [-0.2, -0.15) is 8.78 Å². The highest BCUT2D eigenvalue weighted by Gasteiger charge is 2.16. The molecule has 9 heteroatoms. The molecule has 1 aromatic carbocycles. The molecule has 0 saturated heterocycles. The first-order valence-electron chi connectivity index (χ1n) is 7.01. The molecule has 1 N–H and O–H groups in total. The monoisotopic (exact) mass is 366 g/mol. The average molecular weight is 366 g/mol. The molecule has 0 radical (unpaired) electrons. The quantitative estimate of drug-likeness (QED) is 0.705. The summed E-state index contributed by atoms with van der Waals surface area (Å²) >= 11 is 1.45. The number of aromatic nitrogens is 1. The third kappa shape index (κ3) is 3.94. The number of carbonyl (C=O) groups excluding carboxylic acids is 1. The smallest absolute Gasteiger partial charge is 0.387 e. The van der Waals surface area contributed by atoms with Crippen LogP contribution in [0.3, 0.4) is 0 Å². The SMILES string of the molecule is COc1ccc(NC(=O)c2cc(-c3cccs3)on2)cc1OC(F)F. The first kappa shape index (κ1) is 16.9. The largest absolute Gasteiger partial charge is 0.493 e. The lowest BCUT2D eigenvalue weighted by molar-refractivity contribution is -0.0511. The summed E-state index contributed by atoms with van der Waals surface area (Å²) in [6.45, 7) is -3.01. The zero-order valence-corrected chi connectivity index (χ0v) is 13.7. The number of alkyl halides is 2. The standard InChI is InChI=1S/C16H12F2N2O4S/c1-22-11-5-4-9(7-12(11)23-16(17)18)19-15(21)10-8-13(24-20-10)14-3-2-6-25-14/h2-8,16H,1H3,(H,19,21). The second-order valence-electron chi connectivity index (χ2n) is 4.75. The zero-order valence-electron chi connectivity index (χ0n) is 12.9. The number of amides is 1. The fraction of sp³-hybridized carbons (Fsp3) is 0.125. The van der Waals surface area contributed by atoms with Crippen molar-refractivity contribution in [3.8, 4) is 22.1 Å². The number of halogens is 2. The van der Waals surface area contributed by atoms with Gasteiger partial charge in [0.25, 0.3) is 5.91 Å². The van der Waals surface area contributed by atoms with E-state index in [0.29, 0.717) is 5.76 Å². The molecule has 0 unspecified atom stereocenters. The van der Waals surface area contributed by atoms with E-state index < -0.39 is 12.5 Å². The van der Waals surface area contributed by atoms with E-state index in [1.807, 2.05) is 17.5 Å². The Kier molecular flexibility index (Phi) is 4.94. The number of rotatable bonds is 6. The molecule has 3 aromatic rings. The number of hydrogen-bond acceptors (Lipinski definition) is 6. The van der Waals surface area contributed by atoms with Crippen molar-refractivity contribution in [2.24, 2.45) is 0 Å². The van der Waals surface area contributed by atoms with E-state index in [9.17, 15) is 13.6 Å². The summed E-state index contributed by atoms with van der Waals surface area (Å²) in [4.78, 5) is 13.1. The Morgan fingerprint density at radius 3 is 2.80 bits per heavy atom. The van der Waals surface area contributed by atoms with Crippen molar-refractivity contribution in [1.29, 1.82) is 0 Å². The molecule has 0 aliphatic carbocycles. The second-order valence-corrected chi connectivity index (χ2v) is 5.70. The van der Waals surface area contributed by atoms with Gasteiger partial charge in [-0.1, -0.05) is 11.2 Å². The van der Waals surface area contributed by atoms with Crippen LogP contribution in [-0.4, -0.2) is 24.8 Å². The van der Waals surface area contributed by atoms with Crippen molar-refractivity contribution in [2.45, 2.75) is 6.61 Å². The lowest BCUT2D eigenvalue weighted by Crippen LogP contribution is -2.12. The molecular weight excluding hydrogens is 354 g/mol. The summed E-state index contributed by atoms with van der Waals surface area (Å²) in [6, 6.07) is 9.33.